The standard InChI is InChI=1S/C74H64N2O4/c1-9-77-51-29-35-61(45(5)41-51)75(62-36-30-52(78-10-2)42-46(62)6)65-39-33-59-69-55(65)25-19-27-57(69)71-67(49-21-15-13-16-22-49)74-60-34-40-66(56-26-20-28-58(70(56)60)72(74)68(73(59)71)50-23-17-14-18-24-50)76(63-37-31-53(79-11-3)43-47(63)7)64-38-32-54(80-12-4)44-48(64)8/h13-44H,9-12H2,1-8H3. The second-order valence-electron chi connectivity index (χ2n) is 20.9. The van der Waals surface area contributed by atoms with Crippen molar-refractivity contribution in [2.24, 2.45) is 0 Å². The highest BCUT2D eigenvalue weighted by atomic mass is 16.5. The van der Waals surface area contributed by atoms with E-state index in [1.807, 2.05) is 27.7 Å². The summed E-state index contributed by atoms with van der Waals surface area (Å²) >= 11 is 0. The summed E-state index contributed by atoms with van der Waals surface area (Å²) in [6.07, 6.45) is 0. The van der Waals surface area contributed by atoms with Crippen LogP contribution in [0.15, 0.2) is 194 Å². The minimum atomic E-state index is 0.602. The Kier molecular flexibility index (Phi) is 12.9. The van der Waals surface area contributed by atoms with Gasteiger partial charge < -0.3 is 28.7 Å². The molecule has 0 bridgehead atoms. The van der Waals surface area contributed by atoms with Crippen molar-refractivity contribution >= 4 is 98.8 Å². The summed E-state index contributed by atoms with van der Waals surface area (Å²) in [5.74, 6) is 3.44. The van der Waals surface area contributed by atoms with Crippen LogP contribution in [0.1, 0.15) is 49.9 Å². The number of hydrogen-bond donors (Lipinski definition) is 0. The van der Waals surface area contributed by atoms with Crippen molar-refractivity contribution in [3.63, 3.8) is 0 Å². The van der Waals surface area contributed by atoms with Crippen LogP contribution in [0.3, 0.4) is 0 Å². The van der Waals surface area contributed by atoms with Crippen LogP contribution in [-0.4, -0.2) is 26.4 Å². The number of anilines is 6. The fourth-order valence-corrected chi connectivity index (χ4v) is 12.9. The van der Waals surface area contributed by atoms with Crippen molar-refractivity contribution in [3.05, 3.63) is 216 Å². The van der Waals surface area contributed by atoms with E-state index >= 15 is 0 Å². The topological polar surface area (TPSA) is 43.4 Å². The maximum absolute atomic E-state index is 6.05. The highest BCUT2D eigenvalue weighted by Gasteiger charge is 2.31. The Bertz CT molecular complexity index is 4020. The molecule has 0 heterocycles. The van der Waals surface area contributed by atoms with Crippen molar-refractivity contribution in [2.45, 2.75) is 55.4 Å². The Morgan fingerprint density at radius 3 is 0.825 bits per heavy atom. The zero-order chi connectivity index (χ0) is 54.8. The van der Waals surface area contributed by atoms with E-state index in [1.54, 1.807) is 0 Å². The van der Waals surface area contributed by atoms with Crippen molar-refractivity contribution < 1.29 is 18.9 Å². The van der Waals surface area contributed by atoms with Crippen LogP contribution in [0.25, 0.3) is 86.9 Å². The van der Waals surface area contributed by atoms with Gasteiger partial charge in [0.15, 0.2) is 0 Å². The number of rotatable bonds is 16. The van der Waals surface area contributed by atoms with E-state index in [9.17, 15) is 0 Å². The highest BCUT2D eigenvalue weighted by molar-refractivity contribution is 6.47. The number of hydrogen-bond acceptors (Lipinski definition) is 6. The maximum Gasteiger partial charge on any atom is 0.119 e. The Morgan fingerprint density at radius 2 is 0.537 bits per heavy atom. The molecule has 0 radical (unpaired) electrons. The molecule has 0 aliphatic heterocycles. The lowest BCUT2D eigenvalue weighted by Crippen LogP contribution is -2.13. The molecule has 0 aliphatic carbocycles. The Morgan fingerprint density at radius 1 is 0.263 bits per heavy atom. The summed E-state index contributed by atoms with van der Waals surface area (Å²) in [4.78, 5) is 4.89. The van der Waals surface area contributed by atoms with Gasteiger partial charge in [0.2, 0.25) is 0 Å². The Hall–Kier alpha value is -9.26. The smallest absolute Gasteiger partial charge is 0.119 e. The zero-order valence-corrected chi connectivity index (χ0v) is 46.8. The first kappa shape index (κ1) is 50.3. The average molecular weight is 1050 g/mol. The molecule has 0 spiro atoms. The average Bonchev–Trinajstić information content (AvgIpc) is 4.04. The molecule has 0 amide bonds. The molecule has 6 heteroatoms. The predicted molar refractivity (Wildman–Crippen MR) is 338 cm³/mol. The second-order valence-corrected chi connectivity index (χ2v) is 20.9. The van der Waals surface area contributed by atoms with Gasteiger partial charge in [0, 0.05) is 33.5 Å². The van der Waals surface area contributed by atoms with Gasteiger partial charge in [-0.2, -0.15) is 0 Å². The number of ether oxygens (including phenoxy) is 4. The fourth-order valence-electron chi connectivity index (χ4n) is 12.9. The van der Waals surface area contributed by atoms with Gasteiger partial charge in [0.05, 0.1) is 37.8 Å². The van der Waals surface area contributed by atoms with E-state index < -0.39 is 0 Å². The van der Waals surface area contributed by atoms with Gasteiger partial charge in [-0.15, -0.1) is 0 Å². The SMILES string of the molecule is CCOc1ccc(N(c2ccc(OCC)cc2C)c2ccc3c4c(-c5ccccc5)c5c6cccc7c(N(c8ccc(OCC)cc8C)c8ccc(OCC)cc8C)ccc(c5c(-c5ccccc5)c4c4cccc2c43)c76)c(C)c1. The summed E-state index contributed by atoms with van der Waals surface area (Å²) in [6.45, 7) is 19.3. The molecule has 13 rings (SSSR count). The molecule has 0 N–H and O–H groups in total. The van der Waals surface area contributed by atoms with Crippen LogP contribution in [-0.2, 0) is 0 Å². The van der Waals surface area contributed by atoms with Gasteiger partial charge in [0.25, 0.3) is 0 Å². The maximum atomic E-state index is 6.05. The number of nitrogens with zero attached hydrogens (tertiary/aromatic N) is 2. The molecule has 0 atom stereocenters. The van der Waals surface area contributed by atoms with Crippen LogP contribution in [0.5, 0.6) is 23.0 Å². The quantitative estimate of drug-likeness (QED) is 0.0961. The van der Waals surface area contributed by atoms with Gasteiger partial charge in [0.1, 0.15) is 23.0 Å². The van der Waals surface area contributed by atoms with Crippen molar-refractivity contribution in [2.75, 3.05) is 36.2 Å². The first-order chi connectivity index (χ1) is 39.2. The second kappa shape index (κ2) is 20.5. The van der Waals surface area contributed by atoms with Crippen LogP contribution in [0, 0.1) is 27.7 Å². The van der Waals surface area contributed by atoms with Gasteiger partial charge in [-0.3, -0.25) is 0 Å². The van der Waals surface area contributed by atoms with Crippen LogP contribution in [0.4, 0.5) is 34.1 Å². The largest absolute Gasteiger partial charge is 0.494 e. The van der Waals surface area contributed by atoms with Crippen LogP contribution in [0.2, 0.25) is 0 Å². The molecule has 0 saturated carbocycles. The number of aryl methyl sites for hydroxylation is 4. The van der Waals surface area contributed by atoms with E-state index in [0.29, 0.717) is 26.4 Å². The van der Waals surface area contributed by atoms with E-state index in [1.165, 1.54) is 86.9 Å². The first-order valence-electron chi connectivity index (χ1n) is 28.2. The summed E-state index contributed by atoms with van der Waals surface area (Å²) in [7, 11) is 0. The van der Waals surface area contributed by atoms with Gasteiger partial charge in [-0.1, -0.05) is 109 Å². The minimum absolute atomic E-state index is 0.602. The Labute approximate surface area is 468 Å². The minimum Gasteiger partial charge on any atom is -0.494 e. The first-order valence-corrected chi connectivity index (χ1v) is 28.2. The van der Waals surface area contributed by atoms with Gasteiger partial charge >= 0.3 is 0 Å². The lowest BCUT2D eigenvalue weighted by Gasteiger charge is -2.30. The molecule has 0 unspecified atom stereocenters. The highest BCUT2D eigenvalue weighted by Crippen LogP contribution is 2.58. The molecular weight excluding hydrogens is 981 g/mol. The number of benzene rings is 11. The molecule has 6 nitrogen and oxygen atoms in total. The molecule has 13 aromatic rings. The predicted octanol–water partition coefficient (Wildman–Crippen LogP) is 20.6. The van der Waals surface area contributed by atoms with E-state index in [-0.39, 0.29) is 0 Å². The zero-order valence-electron chi connectivity index (χ0n) is 46.8. The Balaban J connectivity index is 1.15. The molecule has 0 aliphatic rings. The third-order valence-corrected chi connectivity index (χ3v) is 16.1. The van der Waals surface area contributed by atoms with E-state index in [4.69, 9.17) is 18.9 Å². The van der Waals surface area contributed by atoms with Crippen molar-refractivity contribution in [1.29, 1.82) is 0 Å². The molecule has 394 valence electrons. The molecule has 80 heavy (non-hydrogen) atoms. The lowest BCUT2D eigenvalue weighted by atomic mass is 9.87. The van der Waals surface area contributed by atoms with E-state index in [0.717, 1.165) is 79.4 Å². The summed E-state index contributed by atoms with van der Waals surface area (Å²) in [6, 6.07) is 71.5. The lowest BCUT2D eigenvalue weighted by molar-refractivity contribution is 0.340. The van der Waals surface area contributed by atoms with Crippen LogP contribution >= 0.6 is 0 Å². The molecular formula is C74H64N2O4. The van der Waals surface area contributed by atoms with Crippen LogP contribution < -0.4 is 28.7 Å². The third-order valence-electron chi connectivity index (χ3n) is 16.1. The third kappa shape index (κ3) is 8.15. The monoisotopic (exact) mass is 1040 g/mol. The van der Waals surface area contributed by atoms with E-state index in [2.05, 4.69) is 232 Å². The fraction of sp³-hybridized carbons (Fsp3) is 0.162. The molecule has 0 aromatic heterocycles. The molecule has 0 fully saturated rings. The van der Waals surface area contributed by atoms with Crippen molar-refractivity contribution in [1.82, 2.24) is 0 Å². The number of fused-ring (bicyclic) bond motifs is 6. The molecule has 13 aromatic carbocycles. The normalized spacial score (nSPS) is 11.7. The summed E-state index contributed by atoms with van der Waals surface area (Å²) < 4.78 is 24.2. The van der Waals surface area contributed by atoms with Gasteiger partial charge in [-0.25, -0.2) is 0 Å². The molecule has 0 saturated heterocycles. The van der Waals surface area contributed by atoms with Crippen molar-refractivity contribution in [3.8, 4) is 45.3 Å². The summed E-state index contributed by atoms with van der Waals surface area (Å²) in [5.41, 5.74) is 15.9. The van der Waals surface area contributed by atoms with Gasteiger partial charge in [-0.05, 0) is 239 Å². The summed E-state index contributed by atoms with van der Waals surface area (Å²) in [5, 5.41) is 14.8.